The maximum atomic E-state index is 9.39. The highest BCUT2D eigenvalue weighted by Gasteiger charge is 2.09. The molecular weight excluding hydrogens is 440 g/mol. The Morgan fingerprint density at radius 1 is 0.842 bits per heavy atom. The third-order valence-electron chi connectivity index (χ3n) is 2.35. The van der Waals surface area contributed by atoms with Gasteiger partial charge in [0.25, 0.3) is 0 Å². The minimum absolute atomic E-state index is 0.225. The van der Waals surface area contributed by atoms with E-state index >= 15 is 0 Å². The molecule has 0 fully saturated rings. The highest BCUT2D eigenvalue weighted by molar-refractivity contribution is 9.13. The van der Waals surface area contributed by atoms with Crippen LogP contribution in [0.25, 0.3) is 0 Å². The Kier molecular flexibility index (Phi) is 6.36. The number of aromatic hydroxyl groups is 2. The Balaban J connectivity index is 0.000000200. The molecule has 2 nitrogen and oxygen atoms in total. The third kappa shape index (κ3) is 4.82. The average Bonchev–Trinajstić information content (AvgIpc) is 2.38. The lowest BCUT2D eigenvalue weighted by atomic mass is 10.2. The molecule has 2 rings (SSSR count). The molecular formula is C14H13Br3O2. The maximum Gasteiger partial charge on any atom is 0.145 e. The summed E-state index contributed by atoms with van der Waals surface area (Å²) < 4.78 is 2.27. The first-order valence-electron chi connectivity index (χ1n) is 5.41. The van der Waals surface area contributed by atoms with Gasteiger partial charge in [-0.25, -0.2) is 0 Å². The van der Waals surface area contributed by atoms with Gasteiger partial charge in [0.1, 0.15) is 11.5 Å². The number of rotatable bonds is 0. The summed E-state index contributed by atoms with van der Waals surface area (Å²) >= 11 is 9.82. The summed E-state index contributed by atoms with van der Waals surface area (Å²) in [4.78, 5) is 0. The number of hydrogen-bond acceptors (Lipinski definition) is 2. The Labute approximate surface area is 137 Å². The topological polar surface area (TPSA) is 40.5 Å². The van der Waals surface area contributed by atoms with Gasteiger partial charge in [-0.2, -0.15) is 0 Å². The average molecular weight is 453 g/mol. The largest absolute Gasteiger partial charge is 0.508 e. The van der Waals surface area contributed by atoms with Crippen LogP contribution in [0.2, 0.25) is 0 Å². The fourth-order valence-corrected chi connectivity index (χ4v) is 2.88. The van der Waals surface area contributed by atoms with Crippen LogP contribution in [0.5, 0.6) is 11.5 Å². The van der Waals surface area contributed by atoms with Crippen molar-refractivity contribution < 1.29 is 10.2 Å². The number of phenols is 2. The van der Waals surface area contributed by atoms with Crippen LogP contribution in [0.1, 0.15) is 11.1 Å². The first kappa shape index (κ1) is 16.5. The van der Waals surface area contributed by atoms with Gasteiger partial charge in [0, 0.05) is 4.47 Å². The van der Waals surface area contributed by atoms with E-state index in [2.05, 4.69) is 47.8 Å². The van der Waals surface area contributed by atoms with Crippen molar-refractivity contribution in [2.45, 2.75) is 13.8 Å². The molecule has 2 aromatic carbocycles. The van der Waals surface area contributed by atoms with E-state index in [0.717, 1.165) is 10.0 Å². The standard InChI is InChI=1S/C7H5Br3O.C7H8O/c1-3-2-4(8)7(11)6(10)5(3)9;1-6-2-4-7(8)5-3-6/h2,11H,1H3;2-5,8H,1H3. The lowest BCUT2D eigenvalue weighted by Gasteiger charge is -2.05. The van der Waals surface area contributed by atoms with E-state index in [1.54, 1.807) is 12.1 Å². The van der Waals surface area contributed by atoms with Crippen LogP contribution in [-0.4, -0.2) is 10.2 Å². The van der Waals surface area contributed by atoms with Crippen molar-refractivity contribution in [1.29, 1.82) is 0 Å². The smallest absolute Gasteiger partial charge is 0.145 e. The van der Waals surface area contributed by atoms with E-state index < -0.39 is 0 Å². The summed E-state index contributed by atoms with van der Waals surface area (Å²) in [6.45, 7) is 3.94. The van der Waals surface area contributed by atoms with Crippen molar-refractivity contribution in [2.75, 3.05) is 0 Å². The lowest BCUT2D eigenvalue weighted by molar-refractivity contribution is 0.467. The molecule has 0 spiro atoms. The van der Waals surface area contributed by atoms with E-state index in [4.69, 9.17) is 5.11 Å². The summed E-state index contributed by atoms with van der Waals surface area (Å²) in [5.74, 6) is 0.554. The fraction of sp³-hybridized carbons (Fsp3) is 0.143. The molecule has 2 N–H and O–H groups in total. The van der Waals surface area contributed by atoms with Gasteiger partial charge < -0.3 is 10.2 Å². The van der Waals surface area contributed by atoms with E-state index in [1.165, 1.54) is 5.56 Å². The SMILES string of the molecule is Cc1cc(Br)c(O)c(Br)c1Br.Cc1ccc(O)cc1. The molecule has 0 atom stereocenters. The zero-order chi connectivity index (χ0) is 14.6. The molecule has 0 amide bonds. The van der Waals surface area contributed by atoms with Gasteiger partial charge in [-0.1, -0.05) is 17.7 Å². The zero-order valence-electron chi connectivity index (χ0n) is 10.4. The van der Waals surface area contributed by atoms with Crippen molar-refractivity contribution in [3.05, 3.63) is 54.9 Å². The molecule has 0 aliphatic rings. The molecule has 0 aromatic heterocycles. The normalized spacial score (nSPS) is 9.74. The predicted molar refractivity (Wildman–Crippen MR) is 88.8 cm³/mol. The van der Waals surface area contributed by atoms with Crippen LogP contribution in [0, 0.1) is 13.8 Å². The Hall–Kier alpha value is -0.520. The number of aryl methyl sites for hydroxylation is 2. The van der Waals surface area contributed by atoms with Crippen LogP contribution >= 0.6 is 47.8 Å². The molecule has 0 aliphatic heterocycles. The van der Waals surface area contributed by atoms with Crippen molar-refractivity contribution in [1.82, 2.24) is 0 Å². The van der Waals surface area contributed by atoms with Crippen molar-refractivity contribution >= 4 is 47.8 Å². The van der Waals surface area contributed by atoms with Crippen molar-refractivity contribution in [3.63, 3.8) is 0 Å². The second-order valence-corrected chi connectivity index (χ2v) is 6.43. The molecule has 5 heteroatoms. The molecule has 0 saturated carbocycles. The van der Waals surface area contributed by atoms with E-state index in [0.29, 0.717) is 14.7 Å². The predicted octanol–water partition coefficient (Wildman–Crippen LogP) is 5.69. The van der Waals surface area contributed by atoms with E-state index in [9.17, 15) is 5.11 Å². The molecule has 0 aliphatic carbocycles. The number of hydrogen-bond donors (Lipinski definition) is 2. The number of benzene rings is 2. The van der Waals surface area contributed by atoms with Crippen LogP contribution in [0.4, 0.5) is 0 Å². The minimum atomic E-state index is 0.225. The molecule has 2 aromatic rings. The molecule has 0 heterocycles. The summed E-state index contributed by atoms with van der Waals surface area (Å²) in [7, 11) is 0. The Bertz CT molecular complexity index is 519. The third-order valence-corrected chi connectivity index (χ3v) is 5.28. The Morgan fingerprint density at radius 2 is 1.37 bits per heavy atom. The first-order valence-corrected chi connectivity index (χ1v) is 7.79. The van der Waals surface area contributed by atoms with E-state index in [-0.39, 0.29) is 5.75 Å². The minimum Gasteiger partial charge on any atom is -0.508 e. The quantitative estimate of drug-likeness (QED) is 0.504. The van der Waals surface area contributed by atoms with Gasteiger partial charge in [-0.3, -0.25) is 0 Å². The van der Waals surface area contributed by atoms with Gasteiger partial charge in [0.2, 0.25) is 0 Å². The second kappa shape index (κ2) is 7.31. The monoisotopic (exact) mass is 450 g/mol. The molecule has 0 saturated heterocycles. The highest BCUT2D eigenvalue weighted by atomic mass is 79.9. The van der Waals surface area contributed by atoms with Gasteiger partial charge in [0.05, 0.1) is 8.95 Å². The van der Waals surface area contributed by atoms with Gasteiger partial charge >= 0.3 is 0 Å². The molecule has 102 valence electrons. The van der Waals surface area contributed by atoms with Gasteiger partial charge in [-0.15, -0.1) is 0 Å². The van der Waals surface area contributed by atoms with Crippen molar-refractivity contribution in [2.24, 2.45) is 0 Å². The summed E-state index contributed by atoms with van der Waals surface area (Å²) in [6, 6.07) is 8.94. The Morgan fingerprint density at radius 3 is 1.84 bits per heavy atom. The highest BCUT2D eigenvalue weighted by Crippen LogP contribution is 2.39. The maximum absolute atomic E-state index is 9.39. The van der Waals surface area contributed by atoms with Crippen molar-refractivity contribution in [3.8, 4) is 11.5 Å². The number of halogens is 3. The molecule has 0 bridgehead atoms. The summed E-state index contributed by atoms with van der Waals surface area (Å²) in [6.07, 6.45) is 0. The summed E-state index contributed by atoms with van der Waals surface area (Å²) in [5, 5.41) is 18.1. The zero-order valence-corrected chi connectivity index (χ0v) is 15.2. The van der Waals surface area contributed by atoms with Crippen LogP contribution in [-0.2, 0) is 0 Å². The second-order valence-electron chi connectivity index (χ2n) is 3.99. The summed E-state index contributed by atoms with van der Waals surface area (Å²) in [5.41, 5.74) is 2.24. The van der Waals surface area contributed by atoms with Crippen LogP contribution < -0.4 is 0 Å². The van der Waals surface area contributed by atoms with Crippen LogP contribution in [0.3, 0.4) is 0 Å². The van der Waals surface area contributed by atoms with E-state index in [1.807, 2.05) is 32.0 Å². The van der Waals surface area contributed by atoms with Crippen LogP contribution in [0.15, 0.2) is 43.7 Å². The van der Waals surface area contributed by atoms with Gasteiger partial charge in [-0.05, 0) is 85.4 Å². The fourth-order valence-electron chi connectivity index (χ4n) is 1.25. The number of phenolic OH excluding ortho intramolecular Hbond substituents is 2. The lowest BCUT2D eigenvalue weighted by Crippen LogP contribution is -1.80. The molecule has 0 radical (unpaired) electrons. The van der Waals surface area contributed by atoms with Gasteiger partial charge in [0.15, 0.2) is 0 Å². The molecule has 19 heavy (non-hydrogen) atoms. The first-order chi connectivity index (χ1) is 8.82. The molecule has 0 unspecified atom stereocenters.